The number of rotatable bonds is 6. The van der Waals surface area contributed by atoms with Gasteiger partial charge < -0.3 is 5.32 Å². The molecule has 1 unspecified atom stereocenters. The number of nitrogens with zero attached hydrogens (tertiary/aromatic N) is 1. The molecule has 5 heteroatoms. The van der Waals surface area contributed by atoms with Crippen molar-refractivity contribution in [2.45, 2.75) is 31.7 Å². The second-order valence-electron chi connectivity index (χ2n) is 4.25. The van der Waals surface area contributed by atoms with Crippen LogP contribution in [0.1, 0.15) is 35.1 Å². The van der Waals surface area contributed by atoms with Crippen molar-refractivity contribution in [3.63, 3.8) is 0 Å². The largest absolute Gasteiger partial charge is 0.311 e. The van der Waals surface area contributed by atoms with Gasteiger partial charge in [0, 0.05) is 52.9 Å². The van der Waals surface area contributed by atoms with E-state index in [1.165, 1.54) is 29.1 Å². The molecule has 0 spiro atoms. The highest BCUT2D eigenvalue weighted by Gasteiger charge is 2.22. The van der Waals surface area contributed by atoms with E-state index >= 15 is 0 Å². The van der Waals surface area contributed by atoms with Crippen LogP contribution in [0.3, 0.4) is 0 Å². The van der Waals surface area contributed by atoms with Crippen molar-refractivity contribution in [2.75, 3.05) is 18.6 Å². The zero-order valence-corrected chi connectivity index (χ0v) is 11.2. The zero-order chi connectivity index (χ0) is 11.4. The minimum absolute atomic E-state index is 0.693. The fraction of sp³-hybridized carbons (Fsp3) is 0.727. The summed E-state index contributed by atoms with van der Waals surface area (Å²) in [5.74, 6) is 1.47. The minimum atomic E-state index is -0.693. The highest BCUT2D eigenvalue weighted by molar-refractivity contribution is 7.84. The van der Waals surface area contributed by atoms with Gasteiger partial charge in [0.15, 0.2) is 0 Å². The summed E-state index contributed by atoms with van der Waals surface area (Å²) in [5, 5.41) is 4.61. The lowest BCUT2D eigenvalue weighted by atomic mass is 9.86. The van der Waals surface area contributed by atoms with Gasteiger partial charge in [-0.3, -0.25) is 4.21 Å². The third kappa shape index (κ3) is 3.37. The molecule has 0 amide bonds. The van der Waals surface area contributed by atoms with E-state index in [-0.39, 0.29) is 0 Å². The van der Waals surface area contributed by atoms with Crippen LogP contribution >= 0.6 is 11.3 Å². The van der Waals surface area contributed by atoms with Crippen LogP contribution in [-0.4, -0.2) is 27.7 Å². The van der Waals surface area contributed by atoms with Crippen LogP contribution in [0.15, 0.2) is 6.20 Å². The van der Waals surface area contributed by atoms with Gasteiger partial charge in [-0.05, 0) is 12.8 Å². The molecule has 16 heavy (non-hydrogen) atoms. The van der Waals surface area contributed by atoms with Crippen molar-refractivity contribution in [3.8, 4) is 0 Å². The molecular weight excluding hydrogens is 240 g/mol. The van der Waals surface area contributed by atoms with Crippen molar-refractivity contribution < 1.29 is 4.21 Å². The van der Waals surface area contributed by atoms with Gasteiger partial charge in [0.2, 0.25) is 0 Å². The molecule has 1 aromatic rings. The summed E-state index contributed by atoms with van der Waals surface area (Å²) in [6.07, 6.45) is 7.71. The Morgan fingerprint density at radius 1 is 1.62 bits per heavy atom. The van der Waals surface area contributed by atoms with Crippen LogP contribution in [0.5, 0.6) is 0 Å². The molecule has 0 saturated heterocycles. The summed E-state index contributed by atoms with van der Waals surface area (Å²) in [6, 6.07) is 0. The van der Waals surface area contributed by atoms with Gasteiger partial charge in [-0.25, -0.2) is 4.98 Å². The summed E-state index contributed by atoms with van der Waals surface area (Å²) >= 11 is 1.83. The topological polar surface area (TPSA) is 42.0 Å². The van der Waals surface area contributed by atoms with E-state index in [0.29, 0.717) is 0 Å². The highest BCUT2D eigenvalue weighted by Crippen LogP contribution is 2.38. The van der Waals surface area contributed by atoms with E-state index in [1.807, 2.05) is 17.5 Å². The first-order chi connectivity index (χ1) is 7.75. The predicted octanol–water partition coefficient (Wildman–Crippen LogP) is 1.88. The van der Waals surface area contributed by atoms with E-state index in [0.717, 1.165) is 24.8 Å². The molecule has 90 valence electrons. The lowest BCUT2D eigenvalue weighted by molar-refractivity contribution is 0.418. The van der Waals surface area contributed by atoms with E-state index < -0.39 is 10.8 Å². The summed E-state index contributed by atoms with van der Waals surface area (Å²) in [4.78, 5) is 5.77. The summed E-state index contributed by atoms with van der Waals surface area (Å²) < 4.78 is 10.9. The Morgan fingerprint density at radius 3 is 3.06 bits per heavy atom. The Balaban J connectivity index is 1.72. The first kappa shape index (κ1) is 12.2. The summed E-state index contributed by atoms with van der Waals surface area (Å²) in [6.45, 7) is 1.68. The van der Waals surface area contributed by atoms with Crippen molar-refractivity contribution in [1.29, 1.82) is 0 Å². The average molecular weight is 258 g/mol. The molecule has 1 heterocycles. The molecule has 0 radical (unpaired) electrons. The van der Waals surface area contributed by atoms with Crippen LogP contribution in [0.2, 0.25) is 0 Å². The monoisotopic (exact) mass is 258 g/mol. The molecule has 1 aliphatic rings. The Morgan fingerprint density at radius 2 is 2.44 bits per heavy atom. The van der Waals surface area contributed by atoms with Gasteiger partial charge in [-0.15, -0.1) is 11.3 Å². The Labute approximate surface area is 103 Å². The molecule has 2 rings (SSSR count). The molecule has 3 nitrogen and oxygen atoms in total. The van der Waals surface area contributed by atoms with Crippen LogP contribution in [-0.2, 0) is 17.3 Å². The van der Waals surface area contributed by atoms with E-state index in [4.69, 9.17) is 0 Å². The maximum atomic E-state index is 10.9. The Kier molecular flexibility index (Phi) is 4.49. The molecular formula is C11H18N2OS2. The summed E-state index contributed by atoms with van der Waals surface area (Å²) in [7, 11) is -0.693. The first-order valence-corrected chi connectivity index (χ1v) is 8.25. The normalized spacial score (nSPS) is 18.3. The summed E-state index contributed by atoms with van der Waals surface area (Å²) in [5.41, 5.74) is 0. The maximum absolute atomic E-state index is 10.9. The number of aromatic nitrogens is 1. The Hall–Kier alpha value is -0.260. The average Bonchev–Trinajstić information content (AvgIpc) is 2.58. The molecule has 0 aliphatic heterocycles. The van der Waals surface area contributed by atoms with Gasteiger partial charge in [-0.2, -0.15) is 0 Å². The second-order valence-corrected chi connectivity index (χ2v) is 6.95. The number of hydrogen-bond acceptors (Lipinski definition) is 4. The fourth-order valence-corrected chi connectivity index (χ4v) is 3.16. The molecule has 1 atom stereocenters. The second kappa shape index (κ2) is 5.89. The van der Waals surface area contributed by atoms with Gasteiger partial charge in [0.25, 0.3) is 0 Å². The molecule has 1 N–H and O–H groups in total. The van der Waals surface area contributed by atoms with Crippen LogP contribution in [0.4, 0.5) is 0 Å². The molecule has 1 saturated carbocycles. The number of thiazole rings is 1. The van der Waals surface area contributed by atoms with Crippen molar-refractivity contribution in [1.82, 2.24) is 10.3 Å². The predicted molar refractivity (Wildman–Crippen MR) is 69.3 cm³/mol. The molecule has 0 bridgehead atoms. The maximum Gasteiger partial charge on any atom is 0.0959 e. The minimum Gasteiger partial charge on any atom is -0.311 e. The van der Waals surface area contributed by atoms with Crippen molar-refractivity contribution >= 4 is 22.1 Å². The lowest BCUT2D eigenvalue weighted by Gasteiger charge is -2.22. The quantitative estimate of drug-likeness (QED) is 0.792. The number of hydrogen-bond donors (Lipinski definition) is 1. The molecule has 0 aromatic carbocycles. The lowest BCUT2D eigenvalue weighted by Crippen LogP contribution is -2.19. The number of nitrogens with one attached hydrogen (secondary N) is 1. The smallest absolute Gasteiger partial charge is 0.0959 e. The zero-order valence-electron chi connectivity index (χ0n) is 9.57. The van der Waals surface area contributed by atoms with Crippen molar-refractivity contribution in [3.05, 3.63) is 16.1 Å². The fourth-order valence-electron chi connectivity index (χ4n) is 1.68. The van der Waals surface area contributed by atoms with E-state index in [1.54, 1.807) is 6.26 Å². The van der Waals surface area contributed by atoms with Gasteiger partial charge in [0.1, 0.15) is 0 Å². The third-order valence-corrected chi connectivity index (χ3v) is 4.83. The third-order valence-electron chi connectivity index (χ3n) is 2.89. The van der Waals surface area contributed by atoms with E-state index in [9.17, 15) is 4.21 Å². The molecule has 1 aliphatic carbocycles. The van der Waals surface area contributed by atoms with Crippen LogP contribution in [0.25, 0.3) is 0 Å². The van der Waals surface area contributed by atoms with E-state index in [2.05, 4.69) is 10.3 Å². The SMILES string of the molecule is CS(=O)CCNCc1cnc(C2CCC2)s1. The van der Waals surface area contributed by atoms with Gasteiger partial charge in [0.05, 0.1) is 5.01 Å². The molecule has 1 aromatic heterocycles. The molecule has 1 fully saturated rings. The standard InChI is InChI=1S/C11H18N2OS2/c1-16(14)6-5-12-7-10-8-13-11(15-10)9-3-2-4-9/h8-9,12H,2-7H2,1H3. The Bertz CT molecular complexity index is 361. The van der Waals surface area contributed by atoms with Crippen LogP contribution in [0, 0.1) is 0 Å². The first-order valence-electron chi connectivity index (χ1n) is 5.71. The highest BCUT2D eigenvalue weighted by atomic mass is 32.2. The van der Waals surface area contributed by atoms with Crippen molar-refractivity contribution in [2.24, 2.45) is 0 Å². The van der Waals surface area contributed by atoms with Gasteiger partial charge >= 0.3 is 0 Å². The van der Waals surface area contributed by atoms with Gasteiger partial charge in [-0.1, -0.05) is 6.42 Å². The van der Waals surface area contributed by atoms with Crippen LogP contribution < -0.4 is 5.32 Å².